The van der Waals surface area contributed by atoms with Crippen LogP contribution in [0.3, 0.4) is 0 Å². The standard InChI is InChI=1S/C4H6N2O/c1-7-4(6)2-3-5/h6H,2H2,1H3. The fourth-order valence-electron chi connectivity index (χ4n) is 0.144. The van der Waals surface area contributed by atoms with E-state index in [1.54, 1.807) is 6.07 Å². The molecule has 0 rings (SSSR count). The summed E-state index contributed by atoms with van der Waals surface area (Å²) in [5.74, 6) is 0.0162. The van der Waals surface area contributed by atoms with Crippen molar-refractivity contribution in [3.63, 3.8) is 0 Å². The molecule has 0 fully saturated rings. The normalized spacial score (nSPS) is 6.86. The van der Waals surface area contributed by atoms with Crippen LogP contribution in [-0.2, 0) is 4.74 Å². The van der Waals surface area contributed by atoms with E-state index in [0.29, 0.717) is 0 Å². The summed E-state index contributed by atoms with van der Waals surface area (Å²) < 4.78 is 4.35. The minimum atomic E-state index is 0.0162. The van der Waals surface area contributed by atoms with Gasteiger partial charge in [-0.3, -0.25) is 5.41 Å². The lowest BCUT2D eigenvalue weighted by atomic mass is 10.5. The Morgan fingerprint density at radius 3 is 2.71 bits per heavy atom. The molecule has 0 aromatic rings. The Kier molecular flexibility index (Phi) is 2.69. The van der Waals surface area contributed by atoms with Gasteiger partial charge in [-0.15, -0.1) is 0 Å². The molecule has 0 amide bonds. The number of hydrogen-bond acceptors (Lipinski definition) is 3. The number of nitriles is 1. The van der Waals surface area contributed by atoms with Crippen molar-refractivity contribution in [2.24, 2.45) is 0 Å². The summed E-state index contributed by atoms with van der Waals surface area (Å²) in [4.78, 5) is 0. The minimum absolute atomic E-state index is 0.0162. The van der Waals surface area contributed by atoms with Gasteiger partial charge >= 0.3 is 0 Å². The lowest BCUT2D eigenvalue weighted by Gasteiger charge is -1.90. The summed E-state index contributed by atoms with van der Waals surface area (Å²) in [6.07, 6.45) is 0.0660. The van der Waals surface area contributed by atoms with Crippen LogP contribution in [0.2, 0.25) is 0 Å². The van der Waals surface area contributed by atoms with Gasteiger partial charge in [0, 0.05) is 0 Å². The van der Waals surface area contributed by atoms with Crippen molar-refractivity contribution in [1.82, 2.24) is 0 Å². The zero-order valence-electron chi connectivity index (χ0n) is 4.06. The molecule has 1 N–H and O–H groups in total. The molecule has 0 aliphatic carbocycles. The predicted molar refractivity (Wildman–Crippen MR) is 25.0 cm³/mol. The van der Waals surface area contributed by atoms with Crippen LogP contribution in [0.4, 0.5) is 0 Å². The van der Waals surface area contributed by atoms with E-state index in [-0.39, 0.29) is 12.3 Å². The predicted octanol–water partition coefficient (Wildman–Crippen LogP) is 0.524. The zero-order chi connectivity index (χ0) is 5.70. The smallest absolute Gasteiger partial charge is 0.194 e. The third-order valence-electron chi connectivity index (χ3n) is 0.486. The van der Waals surface area contributed by atoms with Crippen molar-refractivity contribution >= 4 is 5.90 Å². The molecule has 0 aliphatic heterocycles. The van der Waals surface area contributed by atoms with Crippen LogP contribution in [0.15, 0.2) is 0 Å². The van der Waals surface area contributed by atoms with Gasteiger partial charge in [-0.2, -0.15) is 5.26 Å². The summed E-state index contributed by atoms with van der Waals surface area (Å²) in [5.41, 5.74) is 0. The van der Waals surface area contributed by atoms with Crippen molar-refractivity contribution in [3.05, 3.63) is 0 Å². The second-order valence-electron chi connectivity index (χ2n) is 0.962. The lowest BCUT2D eigenvalue weighted by molar-refractivity contribution is 0.391. The van der Waals surface area contributed by atoms with Crippen LogP contribution >= 0.6 is 0 Å². The molecule has 0 radical (unpaired) electrons. The maximum absolute atomic E-state index is 7.90. The summed E-state index contributed by atoms with van der Waals surface area (Å²) in [6.45, 7) is 0. The van der Waals surface area contributed by atoms with Crippen LogP contribution in [-0.4, -0.2) is 13.0 Å². The Labute approximate surface area is 42.0 Å². The topological polar surface area (TPSA) is 56.9 Å². The monoisotopic (exact) mass is 98.0 g/mol. The molecule has 0 unspecified atom stereocenters. The average Bonchev–Trinajstić information content (AvgIpc) is 1.68. The van der Waals surface area contributed by atoms with Crippen LogP contribution < -0.4 is 0 Å². The van der Waals surface area contributed by atoms with E-state index in [9.17, 15) is 0 Å². The Bertz CT molecular complexity index is 103. The Morgan fingerprint density at radius 2 is 2.57 bits per heavy atom. The fraction of sp³-hybridized carbons (Fsp3) is 0.500. The van der Waals surface area contributed by atoms with Gasteiger partial charge in [0.2, 0.25) is 0 Å². The van der Waals surface area contributed by atoms with Crippen LogP contribution in [0, 0.1) is 16.7 Å². The third kappa shape index (κ3) is 2.77. The van der Waals surface area contributed by atoms with Gasteiger partial charge in [-0.25, -0.2) is 0 Å². The average molecular weight is 98.1 g/mol. The van der Waals surface area contributed by atoms with Gasteiger partial charge in [0.15, 0.2) is 5.90 Å². The molecule has 0 heterocycles. The van der Waals surface area contributed by atoms with Crippen molar-refractivity contribution in [2.75, 3.05) is 7.11 Å². The van der Waals surface area contributed by atoms with Crippen molar-refractivity contribution in [2.45, 2.75) is 6.42 Å². The molecule has 38 valence electrons. The zero-order valence-corrected chi connectivity index (χ0v) is 4.06. The number of nitrogens with zero attached hydrogens (tertiary/aromatic N) is 1. The maximum atomic E-state index is 7.90. The van der Waals surface area contributed by atoms with Crippen LogP contribution in [0.5, 0.6) is 0 Å². The number of ether oxygens (including phenoxy) is 1. The van der Waals surface area contributed by atoms with Crippen LogP contribution in [0.25, 0.3) is 0 Å². The molecule has 0 aromatic heterocycles. The Balaban J connectivity index is 3.23. The molecular weight excluding hydrogens is 92.1 g/mol. The quantitative estimate of drug-likeness (QED) is 0.384. The van der Waals surface area contributed by atoms with Gasteiger partial charge in [0.05, 0.1) is 13.2 Å². The highest BCUT2D eigenvalue weighted by molar-refractivity contribution is 5.74. The Hall–Kier alpha value is -1.04. The second-order valence-corrected chi connectivity index (χ2v) is 0.962. The van der Waals surface area contributed by atoms with Crippen molar-refractivity contribution in [1.29, 1.82) is 10.7 Å². The second kappa shape index (κ2) is 3.16. The van der Waals surface area contributed by atoms with Gasteiger partial charge in [-0.05, 0) is 0 Å². The summed E-state index contributed by atoms with van der Waals surface area (Å²) in [7, 11) is 1.37. The lowest BCUT2D eigenvalue weighted by Crippen LogP contribution is -1.95. The highest BCUT2D eigenvalue weighted by atomic mass is 16.5. The first-order valence-electron chi connectivity index (χ1n) is 1.79. The molecule has 0 aromatic carbocycles. The first kappa shape index (κ1) is 5.96. The van der Waals surface area contributed by atoms with E-state index < -0.39 is 0 Å². The molecule has 0 bridgehead atoms. The molecule has 0 saturated heterocycles. The molecule has 3 nitrogen and oxygen atoms in total. The molecular formula is C4H6N2O. The van der Waals surface area contributed by atoms with E-state index >= 15 is 0 Å². The van der Waals surface area contributed by atoms with E-state index in [1.807, 2.05) is 0 Å². The van der Waals surface area contributed by atoms with Gasteiger partial charge in [-0.1, -0.05) is 0 Å². The molecule has 0 aliphatic rings. The first-order valence-corrected chi connectivity index (χ1v) is 1.79. The van der Waals surface area contributed by atoms with E-state index in [0.717, 1.165) is 0 Å². The molecule has 0 saturated carbocycles. The SMILES string of the molecule is COC(=N)CC#N. The number of methoxy groups -OCH3 is 1. The van der Waals surface area contributed by atoms with Gasteiger partial charge in [0.25, 0.3) is 0 Å². The van der Waals surface area contributed by atoms with E-state index in [1.165, 1.54) is 7.11 Å². The van der Waals surface area contributed by atoms with Gasteiger partial charge in [0.1, 0.15) is 6.42 Å². The summed E-state index contributed by atoms with van der Waals surface area (Å²) in [6, 6.07) is 1.77. The number of hydrogen-bond donors (Lipinski definition) is 1. The largest absolute Gasteiger partial charge is 0.484 e. The van der Waals surface area contributed by atoms with Gasteiger partial charge < -0.3 is 4.74 Å². The highest BCUT2D eigenvalue weighted by Crippen LogP contribution is 1.77. The minimum Gasteiger partial charge on any atom is -0.484 e. The van der Waals surface area contributed by atoms with Crippen molar-refractivity contribution < 1.29 is 4.74 Å². The third-order valence-corrected chi connectivity index (χ3v) is 0.486. The highest BCUT2D eigenvalue weighted by Gasteiger charge is 1.87. The molecule has 3 heteroatoms. The summed E-state index contributed by atoms with van der Waals surface area (Å²) >= 11 is 0. The first-order chi connectivity index (χ1) is 3.31. The molecule has 7 heavy (non-hydrogen) atoms. The summed E-state index contributed by atoms with van der Waals surface area (Å²) in [5, 5.41) is 14.6. The maximum Gasteiger partial charge on any atom is 0.194 e. The number of nitrogens with one attached hydrogen (secondary N) is 1. The van der Waals surface area contributed by atoms with Crippen LogP contribution in [0.1, 0.15) is 6.42 Å². The molecule has 0 spiro atoms. The van der Waals surface area contributed by atoms with E-state index in [4.69, 9.17) is 10.7 Å². The van der Waals surface area contributed by atoms with E-state index in [2.05, 4.69) is 4.74 Å². The Morgan fingerprint density at radius 1 is 2.00 bits per heavy atom. The number of rotatable bonds is 1. The van der Waals surface area contributed by atoms with Crippen molar-refractivity contribution in [3.8, 4) is 6.07 Å². The molecule has 0 atom stereocenters. The fourth-order valence-corrected chi connectivity index (χ4v) is 0.144.